The molecule has 12 heavy (non-hydrogen) atoms. The molecule has 0 aromatic heterocycles. The van der Waals surface area contributed by atoms with E-state index in [0.717, 1.165) is 12.8 Å². The Morgan fingerprint density at radius 1 is 1.67 bits per heavy atom. The molecule has 66 valence electrons. The number of carbonyl (C=O) groups is 2. The van der Waals surface area contributed by atoms with Crippen molar-refractivity contribution >= 4 is 11.8 Å². The highest BCUT2D eigenvalue weighted by molar-refractivity contribution is 6.02. The number of nitrogens with two attached hydrogens (primary N) is 1. The van der Waals surface area contributed by atoms with Gasteiger partial charge in [0, 0.05) is 12.0 Å². The molecule has 0 aromatic carbocycles. The van der Waals surface area contributed by atoms with Crippen molar-refractivity contribution in [3.8, 4) is 0 Å². The van der Waals surface area contributed by atoms with Crippen molar-refractivity contribution in [2.45, 2.75) is 25.3 Å². The summed E-state index contributed by atoms with van der Waals surface area (Å²) >= 11 is 0. The Hall–Kier alpha value is -1.16. The zero-order valence-electron chi connectivity index (χ0n) is 6.62. The Bertz CT molecular complexity index is 245. The molecule has 1 unspecified atom stereocenters. The summed E-state index contributed by atoms with van der Waals surface area (Å²) in [4.78, 5) is 21.6. The number of rotatable bonds is 2. The van der Waals surface area contributed by atoms with Gasteiger partial charge >= 0.3 is 5.97 Å². The van der Waals surface area contributed by atoms with Gasteiger partial charge in [-0.05, 0) is 12.8 Å². The van der Waals surface area contributed by atoms with Crippen LogP contribution in [-0.2, 0) is 9.59 Å². The van der Waals surface area contributed by atoms with E-state index in [2.05, 4.69) is 0 Å². The first kappa shape index (κ1) is 8.93. The van der Waals surface area contributed by atoms with Crippen LogP contribution in [0.3, 0.4) is 0 Å². The van der Waals surface area contributed by atoms with E-state index in [-0.39, 0.29) is 11.4 Å². The van der Waals surface area contributed by atoms with Gasteiger partial charge in [-0.2, -0.15) is 0 Å². The Morgan fingerprint density at radius 2 is 2.33 bits per heavy atom. The van der Waals surface area contributed by atoms with Crippen LogP contribution in [0.2, 0.25) is 0 Å². The fraction of sp³-hybridized carbons (Fsp3) is 0.500. The normalized spacial score (nSPS) is 20.1. The second-order valence-electron chi connectivity index (χ2n) is 2.79. The third kappa shape index (κ3) is 1.71. The van der Waals surface area contributed by atoms with Crippen molar-refractivity contribution < 1.29 is 14.7 Å². The van der Waals surface area contributed by atoms with E-state index in [9.17, 15) is 9.59 Å². The molecule has 0 saturated heterocycles. The first-order chi connectivity index (χ1) is 5.63. The highest BCUT2D eigenvalue weighted by atomic mass is 16.4. The molecule has 1 aliphatic rings. The number of carboxylic acids is 1. The molecular formula is C8H11NO3. The molecule has 0 heterocycles. The largest absolute Gasteiger partial charge is 0.480 e. The lowest BCUT2D eigenvalue weighted by Crippen LogP contribution is -2.36. The quantitative estimate of drug-likeness (QED) is 0.613. The van der Waals surface area contributed by atoms with Crippen molar-refractivity contribution in [2.75, 3.05) is 0 Å². The van der Waals surface area contributed by atoms with Crippen LogP contribution in [-0.4, -0.2) is 22.9 Å². The van der Waals surface area contributed by atoms with Crippen molar-refractivity contribution in [1.82, 2.24) is 0 Å². The monoisotopic (exact) mass is 169 g/mol. The minimum atomic E-state index is -1.14. The number of ketones is 1. The topological polar surface area (TPSA) is 80.4 Å². The van der Waals surface area contributed by atoms with E-state index in [1.165, 1.54) is 0 Å². The number of carbonyl (C=O) groups excluding carboxylic acids is 1. The molecule has 0 spiro atoms. The van der Waals surface area contributed by atoms with Crippen LogP contribution in [0.25, 0.3) is 0 Å². The zero-order chi connectivity index (χ0) is 9.14. The smallest absolute Gasteiger partial charge is 0.325 e. The molecular weight excluding hydrogens is 158 g/mol. The molecule has 0 aliphatic heterocycles. The first-order valence-corrected chi connectivity index (χ1v) is 3.84. The molecule has 0 radical (unpaired) electrons. The summed E-state index contributed by atoms with van der Waals surface area (Å²) in [5, 5.41) is 8.53. The van der Waals surface area contributed by atoms with Gasteiger partial charge in [0.2, 0.25) is 0 Å². The van der Waals surface area contributed by atoms with Crippen molar-refractivity contribution in [3.63, 3.8) is 0 Å². The summed E-state index contributed by atoms with van der Waals surface area (Å²) in [7, 11) is 0. The van der Waals surface area contributed by atoms with Gasteiger partial charge in [0.1, 0.15) is 6.04 Å². The van der Waals surface area contributed by atoms with Crippen LogP contribution >= 0.6 is 0 Å². The fourth-order valence-electron chi connectivity index (χ4n) is 1.21. The summed E-state index contributed by atoms with van der Waals surface area (Å²) in [6, 6.07) is -1.14. The van der Waals surface area contributed by atoms with Crippen molar-refractivity contribution in [2.24, 2.45) is 5.73 Å². The van der Waals surface area contributed by atoms with Gasteiger partial charge in [-0.1, -0.05) is 6.08 Å². The number of carboxylic acid groups (broad SMARTS) is 1. The molecule has 4 heteroatoms. The predicted molar refractivity (Wildman–Crippen MR) is 42.6 cm³/mol. The summed E-state index contributed by atoms with van der Waals surface area (Å²) in [5.41, 5.74) is 5.55. The standard InChI is InChI=1S/C8H11NO3/c9-7(8(11)12)5-3-1-2-4-6(5)10/h3,7H,1-2,4,9H2,(H,11,12). The number of aliphatic carboxylic acids is 1. The van der Waals surface area contributed by atoms with Gasteiger partial charge in [0.05, 0.1) is 0 Å². The summed E-state index contributed by atoms with van der Waals surface area (Å²) < 4.78 is 0. The fourth-order valence-corrected chi connectivity index (χ4v) is 1.21. The number of hydrogen-bond donors (Lipinski definition) is 2. The Morgan fingerprint density at radius 3 is 2.83 bits per heavy atom. The van der Waals surface area contributed by atoms with E-state index < -0.39 is 12.0 Å². The highest BCUT2D eigenvalue weighted by Crippen LogP contribution is 2.15. The lowest BCUT2D eigenvalue weighted by molar-refractivity contribution is -0.138. The maximum Gasteiger partial charge on any atom is 0.325 e. The minimum absolute atomic E-state index is 0.129. The molecule has 0 aromatic rings. The van der Waals surface area contributed by atoms with Gasteiger partial charge in [-0.15, -0.1) is 0 Å². The van der Waals surface area contributed by atoms with E-state index >= 15 is 0 Å². The molecule has 0 saturated carbocycles. The van der Waals surface area contributed by atoms with Crippen LogP contribution in [0.1, 0.15) is 19.3 Å². The molecule has 0 bridgehead atoms. The lowest BCUT2D eigenvalue weighted by atomic mass is 9.93. The Balaban J connectivity index is 2.78. The van der Waals surface area contributed by atoms with Crippen LogP contribution in [0.15, 0.2) is 11.6 Å². The molecule has 1 atom stereocenters. The molecule has 1 aliphatic carbocycles. The number of allylic oxidation sites excluding steroid dienone is 1. The summed E-state index contributed by atoms with van der Waals surface area (Å²) in [6.45, 7) is 0. The molecule has 1 rings (SSSR count). The van der Waals surface area contributed by atoms with Gasteiger partial charge in [0.25, 0.3) is 0 Å². The van der Waals surface area contributed by atoms with Gasteiger partial charge in [-0.25, -0.2) is 0 Å². The van der Waals surface area contributed by atoms with Gasteiger partial charge in [0.15, 0.2) is 5.78 Å². The third-order valence-corrected chi connectivity index (χ3v) is 1.90. The minimum Gasteiger partial charge on any atom is -0.480 e. The SMILES string of the molecule is NC(C(=O)O)C1=CCCCC1=O. The number of Topliss-reactive ketones (excluding diaryl/α,β-unsaturated/α-hetero) is 1. The summed E-state index contributed by atoms with van der Waals surface area (Å²) in [6.07, 6.45) is 3.61. The zero-order valence-corrected chi connectivity index (χ0v) is 6.62. The molecule has 3 N–H and O–H groups in total. The highest BCUT2D eigenvalue weighted by Gasteiger charge is 2.24. The summed E-state index contributed by atoms with van der Waals surface area (Å²) in [5.74, 6) is -1.27. The average molecular weight is 169 g/mol. The van der Waals surface area contributed by atoms with E-state index in [4.69, 9.17) is 10.8 Å². The first-order valence-electron chi connectivity index (χ1n) is 3.84. The van der Waals surface area contributed by atoms with Crippen molar-refractivity contribution in [1.29, 1.82) is 0 Å². The van der Waals surface area contributed by atoms with Crippen LogP contribution < -0.4 is 5.73 Å². The number of hydrogen-bond acceptors (Lipinski definition) is 3. The van der Waals surface area contributed by atoms with Crippen LogP contribution in [0.5, 0.6) is 0 Å². The van der Waals surface area contributed by atoms with Crippen LogP contribution in [0.4, 0.5) is 0 Å². The van der Waals surface area contributed by atoms with E-state index in [1.807, 2.05) is 0 Å². The van der Waals surface area contributed by atoms with Crippen molar-refractivity contribution in [3.05, 3.63) is 11.6 Å². The molecule has 0 fully saturated rings. The Labute approximate surface area is 70.1 Å². The van der Waals surface area contributed by atoms with Crippen LogP contribution in [0, 0.1) is 0 Å². The van der Waals surface area contributed by atoms with E-state index in [1.54, 1.807) is 6.08 Å². The lowest BCUT2D eigenvalue weighted by Gasteiger charge is -2.14. The van der Waals surface area contributed by atoms with E-state index in [0.29, 0.717) is 6.42 Å². The molecule has 0 amide bonds. The Kier molecular flexibility index (Phi) is 2.60. The second kappa shape index (κ2) is 3.49. The maximum atomic E-state index is 11.1. The average Bonchev–Trinajstić information content (AvgIpc) is 2.04. The van der Waals surface area contributed by atoms with Gasteiger partial charge in [-0.3, -0.25) is 9.59 Å². The second-order valence-corrected chi connectivity index (χ2v) is 2.79. The maximum absolute atomic E-state index is 11.1. The molecule has 4 nitrogen and oxygen atoms in total. The third-order valence-electron chi connectivity index (χ3n) is 1.90. The van der Waals surface area contributed by atoms with Gasteiger partial charge < -0.3 is 10.8 Å². The predicted octanol–water partition coefficient (Wildman–Crippen LogP) is 0.0777.